The van der Waals surface area contributed by atoms with Gasteiger partial charge in [-0.15, -0.1) is 12.6 Å². The molecular formula is C7H9N3O5S. The van der Waals surface area contributed by atoms with E-state index in [1.54, 1.807) is 16.9 Å². The minimum Gasteiger partial charge on any atom is -0.464 e. The lowest BCUT2D eigenvalue weighted by Crippen LogP contribution is -2.45. The second-order valence-corrected chi connectivity index (χ2v) is 3.17. The Balaban J connectivity index is 3.24. The monoisotopic (exact) mass is 247 g/mol. The summed E-state index contributed by atoms with van der Waals surface area (Å²) in [6.45, 7) is 1.66. The van der Waals surface area contributed by atoms with Crippen LogP contribution >= 0.6 is 12.6 Å². The summed E-state index contributed by atoms with van der Waals surface area (Å²) < 4.78 is 5.03. The summed E-state index contributed by atoms with van der Waals surface area (Å²) in [6, 6.07) is 0. The normalized spacial score (nSPS) is 12.1. The van der Waals surface area contributed by atoms with Crippen LogP contribution in [0.2, 0.25) is 0 Å². The molecule has 1 aromatic heterocycles. The maximum atomic E-state index is 11.2. The van der Waals surface area contributed by atoms with E-state index in [0.717, 1.165) is 0 Å². The van der Waals surface area contributed by atoms with Crippen molar-refractivity contribution in [3.63, 3.8) is 0 Å². The van der Waals surface area contributed by atoms with Gasteiger partial charge in [-0.1, -0.05) is 0 Å². The number of hydrogen-bond donors (Lipinski definition) is 3. The summed E-state index contributed by atoms with van der Waals surface area (Å²) in [6.07, 6.45) is 0. The number of H-pyrrole nitrogens is 2. The second-order valence-electron chi connectivity index (χ2n) is 2.69. The van der Waals surface area contributed by atoms with E-state index >= 15 is 0 Å². The average Bonchev–Trinajstić information content (AvgIpc) is 2.16. The number of nitrogens with zero attached hydrogens (tertiary/aromatic N) is 1. The van der Waals surface area contributed by atoms with Gasteiger partial charge >= 0.3 is 23.0 Å². The van der Waals surface area contributed by atoms with Gasteiger partial charge in [0.2, 0.25) is 0 Å². The summed E-state index contributed by atoms with van der Waals surface area (Å²) in [7, 11) is 0. The number of nitrogens with one attached hydrogen (secondary N) is 2. The first-order chi connectivity index (χ1) is 7.47. The van der Waals surface area contributed by atoms with E-state index < -0.39 is 28.4 Å². The number of aromatic nitrogens is 3. The van der Waals surface area contributed by atoms with Crippen molar-refractivity contribution < 1.29 is 9.53 Å². The topological polar surface area (TPSA) is 114 Å². The number of esters is 1. The third kappa shape index (κ3) is 2.42. The maximum Gasteiger partial charge on any atom is 0.339 e. The average molecular weight is 247 g/mol. The number of rotatable bonds is 3. The minimum absolute atomic E-state index is 0.0892. The molecule has 1 atom stereocenters. The largest absolute Gasteiger partial charge is 0.464 e. The van der Waals surface area contributed by atoms with Gasteiger partial charge in [0.1, 0.15) is 0 Å². The van der Waals surface area contributed by atoms with Crippen molar-refractivity contribution in [3.8, 4) is 0 Å². The predicted molar refractivity (Wildman–Crippen MR) is 56.6 cm³/mol. The van der Waals surface area contributed by atoms with Crippen molar-refractivity contribution in [2.75, 3.05) is 6.61 Å². The van der Waals surface area contributed by atoms with Crippen LogP contribution in [0.25, 0.3) is 0 Å². The van der Waals surface area contributed by atoms with E-state index in [1.165, 1.54) is 0 Å². The number of thiol groups is 1. The van der Waals surface area contributed by atoms with E-state index in [9.17, 15) is 19.2 Å². The highest BCUT2D eigenvalue weighted by molar-refractivity contribution is 7.81. The standard InChI is InChI=1S/C7H9N3O5S/c1-2-15-4(11)3(16)10-6(13)8-5(12)9-7(10)14/h3,16H,2H2,1H3,(H2,8,9,12,13,14). The van der Waals surface area contributed by atoms with Gasteiger partial charge in [-0.25, -0.2) is 23.7 Å². The zero-order chi connectivity index (χ0) is 12.3. The SMILES string of the molecule is CCOC(=O)C(S)n1c(=O)[nH]c(=O)[nH]c1=O. The van der Waals surface area contributed by atoms with E-state index in [-0.39, 0.29) is 6.61 Å². The Kier molecular flexibility index (Phi) is 3.72. The molecule has 88 valence electrons. The van der Waals surface area contributed by atoms with Crippen molar-refractivity contribution in [3.05, 3.63) is 31.5 Å². The molecule has 0 saturated heterocycles. The molecule has 9 heteroatoms. The molecule has 0 aliphatic heterocycles. The quantitative estimate of drug-likeness (QED) is 0.431. The van der Waals surface area contributed by atoms with Gasteiger partial charge in [0.15, 0.2) is 5.37 Å². The Bertz CT molecular complexity index is 522. The smallest absolute Gasteiger partial charge is 0.339 e. The first-order valence-corrected chi connectivity index (χ1v) is 4.79. The molecule has 2 N–H and O–H groups in total. The predicted octanol–water partition coefficient (Wildman–Crippen LogP) is -1.78. The third-order valence-electron chi connectivity index (χ3n) is 1.62. The van der Waals surface area contributed by atoms with Crippen molar-refractivity contribution in [2.45, 2.75) is 12.3 Å². The van der Waals surface area contributed by atoms with Crippen LogP contribution in [0.15, 0.2) is 14.4 Å². The Hall–Kier alpha value is -1.77. The molecule has 0 aromatic carbocycles. The van der Waals surface area contributed by atoms with Crippen LogP contribution in [-0.2, 0) is 9.53 Å². The van der Waals surface area contributed by atoms with Gasteiger partial charge in [0.05, 0.1) is 6.61 Å². The first kappa shape index (κ1) is 12.3. The van der Waals surface area contributed by atoms with Crippen LogP contribution in [-0.4, -0.2) is 27.1 Å². The second kappa shape index (κ2) is 4.84. The Labute approximate surface area is 93.7 Å². The zero-order valence-corrected chi connectivity index (χ0v) is 9.11. The molecule has 8 nitrogen and oxygen atoms in total. The molecule has 0 fully saturated rings. The van der Waals surface area contributed by atoms with Gasteiger partial charge in [-0.05, 0) is 6.92 Å². The van der Waals surface area contributed by atoms with E-state index in [0.29, 0.717) is 4.57 Å². The molecule has 16 heavy (non-hydrogen) atoms. The molecule has 0 spiro atoms. The van der Waals surface area contributed by atoms with Crippen LogP contribution in [0, 0.1) is 0 Å². The summed E-state index contributed by atoms with van der Waals surface area (Å²) in [5, 5.41) is -1.40. The highest BCUT2D eigenvalue weighted by Gasteiger charge is 2.21. The van der Waals surface area contributed by atoms with Crippen LogP contribution in [0.1, 0.15) is 12.3 Å². The van der Waals surface area contributed by atoms with Crippen LogP contribution < -0.4 is 17.1 Å². The Morgan fingerprint density at radius 3 is 2.31 bits per heavy atom. The molecule has 1 heterocycles. The van der Waals surface area contributed by atoms with Gasteiger partial charge in [-0.3, -0.25) is 9.97 Å². The number of carbonyl (C=O) groups is 1. The van der Waals surface area contributed by atoms with E-state index in [1.807, 2.05) is 0 Å². The summed E-state index contributed by atoms with van der Waals surface area (Å²) >= 11 is 3.77. The molecule has 0 radical (unpaired) electrons. The fourth-order valence-corrected chi connectivity index (χ4v) is 1.27. The van der Waals surface area contributed by atoms with Gasteiger partial charge in [0, 0.05) is 0 Å². The van der Waals surface area contributed by atoms with Crippen LogP contribution in [0.5, 0.6) is 0 Å². The molecule has 1 aromatic rings. The lowest BCUT2D eigenvalue weighted by molar-refractivity contribution is -0.144. The van der Waals surface area contributed by atoms with Crippen LogP contribution in [0.3, 0.4) is 0 Å². The van der Waals surface area contributed by atoms with Crippen molar-refractivity contribution in [1.29, 1.82) is 0 Å². The van der Waals surface area contributed by atoms with Gasteiger partial charge in [0.25, 0.3) is 0 Å². The molecule has 0 bridgehead atoms. The van der Waals surface area contributed by atoms with Crippen LogP contribution in [0.4, 0.5) is 0 Å². The zero-order valence-electron chi connectivity index (χ0n) is 8.22. The van der Waals surface area contributed by atoms with Gasteiger partial charge in [-0.2, -0.15) is 0 Å². The molecule has 0 aliphatic rings. The third-order valence-corrected chi connectivity index (χ3v) is 2.06. The molecule has 1 unspecified atom stereocenters. The van der Waals surface area contributed by atoms with Gasteiger partial charge < -0.3 is 4.74 Å². The summed E-state index contributed by atoms with van der Waals surface area (Å²) in [5.74, 6) is -0.856. The highest BCUT2D eigenvalue weighted by atomic mass is 32.1. The molecule has 0 aliphatic carbocycles. The number of hydrogen-bond acceptors (Lipinski definition) is 6. The summed E-state index contributed by atoms with van der Waals surface area (Å²) in [5.41, 5.74) is -3.00. The minimum atomic E-state index is -1.40. The highest BCUT2D eigenvalue weighted by Crippen LogP contribution is 2.07. The number of aromatic amines is 2. The first-order valence-electron chi connectivity index (χ1n) is 4.27. The van der Waals surface area contributed by atoms with Crippen molar-refractivity contribution in [2.24, 2.45) is 0 Å². The van der Waals surface area contributed by atoms with E-state index in [2.05, 4.69) is 17.4 Å². The Morgan fingerprint density at radius 1 is 1.38 bits per heavy atom. The summed E-state index contributed by atoms with van der Waals surface area (Å²) in [4.78, 5) is 48.0. The van der Waals surface area contributed by atoms with Crippen molar-refractivity contribution >= 4 is 18.6 Å². The number of carbonyl (C=O) groups excluding carboxylic acids is 1. The number of ether oxygens (including phenoxy) is 1. The molecular weight excluding hydrogens is 238 g/mol. The lowest BCUT2D eigenvalue weighted by Gasteiger charge is -2.10. The van der Waals surface area contributed by atoms with E-state index in [4.69, 9.17) is 0 Å². The lowest BCUT2D eigenvalue weighted by atomic mass is 10.6. The molecule has 0 saturated carbocycles. The molecule has 1 rings (SSSR count). The maximum absolute atomic E-state index is 11.2. The molecule has 0 amide bonds. The fourth-order valence-electron chi connectivity index (χ4n) is 0.983. The fraction of sp³-hybridized carbons (Fsp3) is 0.429. The van der Waals surface area contributed by atoms with Crippen molar-refractivity contribution in [1.82, 2.24) is 14.5 Å². The Morgan fingerprint density at radius 2 is 1.88 bits per heavy atom.